The molecule has 0 aliphatic heterocycles. The van der Waals surface area contributed by atoms with Gasteiger partial charge in [-0.1, -0.05) is 0 Å². The molecule has 0 atom stereocenters. The van der Waals surface area contributed by atoms with Crippen LogP contribution in [0.1, 0.15) is 5.56 Å². The molecule has 0 unspecified atom stereocenters. The van der Waals surface area contributed by atoms with Crippen LogP contribution in [0.2, 0.25) is 0 Å². The van der Waals surface area contributed by atoms with Crippen LogP contribution in [0, 0.1) is 20.2 Å². The van der Waals surface area contributed by atoms with Gasteiger partial charge in [-0.05, 0) is 29.8 Å². The van der Waals surface area contributed by atoms with Crippen LogP contribution in [0.3, 0.4) is 0 Å². The van der Waals surface area contributed by atoms with E-state index in [1.807, 2.05) is 0 Å². The van der Waals surface area contributed by atoms with Gasteiger partial charge in [-0.25, -0.2) is 4.98 Å². The molecule has 0 fully saturated rings. The van der Waals surface area contributed by atoms with Crippen molar-refractivity contribution in [1.82, 2.24) is 4.98 Å². The number of nitro groups is 2. The van der Waals surface area contributed by atoms with Crippen molar-refractivity contribution >= 4 is 22.3 Å². The Morgan fingerprint density at radius 1 is 1.00 bits per heavy atom. The topological polar surface area (TPSA) is 118 Å². The van der Waals surface area contributed by atoms with Crippen molar-refractivity contribution in [3.05, 3.63) is 74.3 Å². The summed E-state index contributed by atoms with van der Waals surface area (Å²) in [4.78, 5) is 25.1. The second-order valence-corrected chi connectivity index (χ2v) is 5.34. The summed E-state index contributed by atoms with van der Waals surface area (Å²) in [5.41, 5.74) is 0.709. The summed E-state index contributed by atoms with van der Waals surface area (Å²) in [7, 11) is 1.43. The maximum atomic E-state index is 11.3. The molecule has 0 saturated carbocycles. The third-order valence-corrected chi connectivity index (χ3v) is 3.69. The van der Waals surface area contributed by atoms with Gasteiger partial charge in [0.25, 0.3) is 11.4 Å². The lowest BCUT2D eigenvalue weighted by Gasteiger charge is -2.08. The number of pyridine rings is 1. The van der Waals surface area contributed by atoms with E-state index in [0.717, 1.165) is 0 Å². The maximum absolute atomic E-state index is 11.3. The zero-order chi connectivity index (χ0) is 18.7. The van der Waals surface area contributed by atoms with E-state index in [0.29, 0.717) is 16.7 Å². The smallest absolute Gasteiger partial charge is 0.299 e. The van der Waals surface area contributed by atoms with Crippen molar-refractivity contribution in [2.24, 2.45) is 0 Å². The maximum Gasteiger partial charge on any atom is 0.299 e. The van der Waals surface area contributed by atoms with E-state index in [1.54, 1.807) is 30.3 Å². The fourth-order valence-corrected chi connectivity index (χ4v) is 2.38. The van der Waals surface area contributed by atoms with Gasteiger partial charge in [0, 0.05) is 23.6 Å². The summed E-state index contributed by atoms with van der Waals surface area (Å²) in [6, 6.07) is 12.1. The molecule has 9 heteroatoms. The van der Waals surface area contributed by atoms with Gasteiger partial charge >= 0.3 is 0 Å². The Morgan fingerprint density at radius 3 is 2.35 bits per heavy atom. The zero-order valence-corrected chi connectivity index (χ0v) is 13.6. The molecular weight excluding hydrogens is 342 g/mol. The highest BCUT2D eigenvalue weighted by Crippen LogP contribution is 2.31. The number of nitrogens with zero attached hydrogens (tertiary/aromatic N) is 3. The van der Waals surface area contributed by atoms with E-state index in [1.165, 1.54) is 25.3 Å². The highest BCUT2D eigenvalue weighted by molar-refractivity contribution is 5.89. The van der Waals surface area contributed by atoms with E-state index in [9.17, 15) is 20.2 Å². The van der Waals surface area contributed by atoms with Crippen molar-refractivity contribution in [3.63, 3.8) is 0 Å². The summed E-state index contributed by atoms with van der Waals surface area (Å²) in [5.74, 6) is 0.578. The predicted molar refractivity (Wildman–Crippen MR) is 92.4 cm³/mol. The van der Waals surface area contributed by atoms with Crippen LogP contribution < -0.4 is 9.47 Å². The van der Waals surface area contributed by atoms with E-state index >= 15 is 0 Å². The molecule has 9 nitrogen and oxygen atoms in total. The minimum Gasteiger partial charge on any atom is -0.496 e. The first-order chi connectivity index (χ1) is 12.5. The van der Waals surface area contributed by atoms with Crippen LogP contribution in [0.15, 0.2) is 48.5 Å². The Morgan fingerprint density at radius 2 is 1.73 bits per heavy atom. The summed E-state index contributed by atoms with van der Waals surface area (Å²) in [6.45, 7) is 0.125. The summed E-state index contributed by atoms with van der Waals surface area (Å²) < 4.78 is 10.6. The normalized spacial score (nSPS) is 10.5. The lowest BCUT2D eigenvalue weighted by atomic mass is 10.2. The van der Waals surface area contributed by atoms with E-state index in [-0.39, 0.29) is 29.4 Å². The number of non-ortho nitro benzene ring substituents is 2. The molecule has 3 aromatic rings. The number of benzene rings is 2. The summed E-state index contributed by atoms with van der Waals surface area (Å²) in [5, 5.41) is 22.5. The Kier molecular flexibility index (Phi) is 4.61. The fourth-order valence-electron chi connectivity index (χ4n) is 2.38. The third kappa shape index (κ3) is 3.51. The Labute approximate surface area is 147 Å². The predicted octanol–water partition coefficient (Wildman–Crippen LogP) is 3.64. The number of aromatic nitrogens is 1. The standard InChI is InChI=1S/C17H13N3O6/c1-25-14-8-12-4-7-16(18-17(12)15(9-14)20(23)24)26-10-11-2-5-13(6-3-11)19(21)22/h2-9H,10H2,1H3. The van der Waals surface area contributed by atoms with Gasteiger partial charge in [0.2, 0.25) is 5.88 Å². The number of methoxy groups -OCH3 is 1. The van der Waals surface area contributed by atoms with Gasteiger partial charge in [0.05, 0.1) is 23.0 Å². The number of rotatable bonds is 6. The Balaban J connectivity index is 1.85. The SMILES string of the molecule is COc1cc([N+](=O)[O-])c2nc(OCc3ccc([N+](=O)[O-])cc3)ccc2c1. The summed E-state index contributed by atoms with van der Waals surface area (Å²) in [6.07, 6.45) is 0. The van der Waals surface area contributed by atoms with Gasteiger partial charge in [-0.2, -0.15) is 0 Å². The highest BCUT2D eigenvalue weighted by Gasteiger charge is 2.17. The second-order valence-electron chi connectivity index (χ2n) is 5.34. The minimum absolute atomic E-state index is 0.0119. The molecule has 0 aliphatic carbocycles. The van der Waals surface area contributed by atoms with Gasteiger partial charge in [-0.15, -0.1) is 0 Å². The Hall–Kier alpha value is -3.75. The van der Waals surface area contributed by atoms with E-state index in [4.69, 9.17) is 9.47 Å². The first-order valence-electron chi connectivity index (χ1n) is 7.47. The number of hydrogen-bond donors (Lipinski definition) is 0. The van der Waals surface area contributed by atoms with Crippen LogP contribution in [0.5, 0.6) is 11.6 Å². The van der Waals surface area contributed by atoms with Crippen molar-refractivity contribution in [3.8, 4) is 11.6 Å². The van der Waals surface area contributed by atoms with Gasteiger partial charge in [-0.3, -0.25) is 20.2 Å². The molecule has 3 rings (SSSR count). The molecule has 0 amide bonds. The van der Waals surface area contributed by atoms with Crippen LogP contribution in [-0.2, 0) is 6.61 Å². The average Bonchev–Trinajstić information content (AvgIpc) is 2.65. The monoisotopic (exact) mass is 355 g/mol. The number of nitro benzene ring substituents is 2. The number of ether oxygens (including phenoxy) is 2. The van der Waals surface area contributed by atoms with Crippen LogP contribution in [0.4, 0.5) is 11.4 Å². The minimum atomic E-state index is -0.530. The average molecular weight is 355 g/mol. The van der Waals surface area contributed by atoms with Gasteiger partial charge in [0.15, 0.2) is 5.52 Å². The quantitative estimate of drug-likeness (QED) is 0.489. The number of fused-ring (bicyclic) bond motifs is 1. The van der Waals surface area contributed by atoms with Crippen molar-refractivity contribution in [1.29, 1.82) is 0 Å². The fraction of sp³-hybridized carbons (Fsp3) is 0.118. The lowest BCUT2D eigenvalue weighted by Crippen LogP contribution is -1.99. The third-order valence-electron chi connectivity index (χ3n) is 3.69. The van der Waals surface area contributed by atoms with Crippen molar-refractivity contribution in [2.75, 3.05) is 7.11 Å². The molecule has 0 N–H and O–H groups in total. The van der Waals surface area contributed by atoms with Crippen molar-refractivity contribution in [2.45, 2.75) is 6.61 Å². The van der Waals surface area contributed by atoms with Crippen molar-refractivity contribution < 1.29 is 19.3 Å². The second kappa shape index (κ2) is 7.01. The van der Waals surface area contributed by atoms with Crippen LogP contribution in [0.25, 0.3) is 10.9 Å². The highest BCUT2D eigenvalue weighted by atomic mass is 16.6. The van der Waals surface area contributed by atoms with Crippen LogP contribution >= 0.6 is 0 Å². The molecule has 2 aromatic carbocycles. The van der Waals surface area contributed by atoms with E-state index in [2.05, 4.69) is 4.98 Å². The first kappa shape index (κ1) is 17.1. The van der Waals surface area contributed by atoms with E-state index < -0.39 is 9.85 Å². The molecule has 0 bridgehead atoms. The first-order valence-corrected chi connectivity index (χ1v) is 7.47. The largest absolute Gasteiger partial charge is 0.496 e. The van der Waals surface area contributed by atoms with Crippen LogP contribution in [-0.4, -0.2) is 21.9 Å². The Bertz CT molecular complexity index is 988. The molecule has 0 aliphatic rings. The molecule has 1 aromatic heterocycles. The molecule has 0 spiro atoms. The zero-order valence-electron chi connectivity index (χ0n) is 13.6. The summed E-state index contributed by atoms with van der Waals surface area (Å²) >= 11 is 0. The molecule has 1 heterocycles. The molecule has 132 valence electrons. The number of hydrogen-bond acceptors (Lipinski definition) is 7. The molecular formula is C17H13N3O6. The van der Waals surface area contributed by atoms with Gasteiger partial charge in [0.1, 0.15) is 12.4 Å². The molecule has 26 heavy (non-hydrogen) atoms. The lowest BCUT2D eigenvalue weighted by molar-refractivity contribution is -0.384. The molecule has 0 saturated heterocycles. The van der Waals surface area contributed by atoms with Gasteiger partial charge < -0.3 is 9.47 Å². The molecule has 0 radical (unpaired) electrons.